The summed E-state index contributed by atoms with van der Waals surface area (Å²) in [5.74, 6) is 0.286. The Morgan fingerprint density at radius 2 is 1.61 bits per heavy atom. The highest BCUT2D eigenvalue weighted by Gasteiger charge is 2.81. The van der Waals surface area contributed by atoms with Crippen molar-refractivity contribution in [3.8, 4) is 0 Å². The Hall–Kier alpha value is -0.700. The van der Waals surface area contributed by atoms with Crippen molar-refractivity contribution in [1.29, 1.82) is 0 Å². The molecule has 0 N–H and O–H groups in total. The van der Waals surface area contributed by atoms with Gasteiger partial charge < -0.3 is 4.74 Å². The number of unbranched alkanes of at least 4 members (excludes halogenated alkanes) is 5. The second-order valence-corrected chi connectivity index (χ2v) is 18.4. The SMILES string of the molecule is CCC=C1C=C2CC[C@@]3(I)C4(C(=O)OCc5ccccc5)CC[C@H](C(=O)CCCCCCCC)[C@@]4(C)CC[C@]3(I)[C@@]2(C)CC1. The smallest absolute Gasteiger partial charge is 0.314 e. The van der Waals surface area contributed by atoms with Gasteiger partial charge in [-0.15, -0.1) is 0 Å². The number of allylic oxidation sites excluding steroid dienone is 4. The molecular formula is C39H54I2O3. The number of rotatable bonds is 12. The van der Waals surface area contributed by atoms with Gasteiger partial charge in [0.05, 0.1) is 8.84 Å². The minimum absolute atomic E-state index is 0.0205. The molecule has 5 heteroatoms. The van der Waals surface area contributed by atoms with E-state index in [9.17, 15) is 9.59 Å². The molecule has 0 aliphatic heterocycles. The largest absolute Gasteiger partial charge is 0.460 e. The number of Topliss-reactive ketones (excluding diaryl/α,β-unsaturated/α-hetero) is 1. The molecule has 1 aromatic rings. The summed E-state index contributed by atoms with van der Waals surface area (Å²) in [6.45, 7) is 9.59. The predicted octanol–water partition coefficient (Wildman–Crippen LogP) is 11.5. The molecule has 1 unspecified atom stereocenters. The van der Waals surface area contributed by atoms with Gasteiger partial charge in [-0.05, 0) is 75.2 Å². The second kappa shape index (κ2) is 13.8. The van der Waals surface area contributed by atoms with E-state index in [1.54, 1.807) is 5.57 Å². The van der Waals surface area contributed by atoms with E-state index in [1.807, 2.05) is 30.3 Å². The molecule has 44 heavy (non-hydrogen) atoms. The van der Waals surface area contributed by atoms with E-state index in [2.05, 4.69) is 85.0 Å². The van der Waals surface area contributed by atoms with E-state index in [-0.39, 0.29) is 24.1 Å². The van der Waals surface area contributed by atoms with Crippen molar-refractivity contribution in [1.82, 2.24) is 0 Å². The van der Waals surface area contributed by atoms with E-state index in [0.717, 1.165) is 76.2 Å². The van der Waals surface area contributed by atoms with Crippen LogP contribution in [0.25, 0.3) is 0 Å². The Kier molecular flexibility index (Phi) is 10.9. The van der Waals surface area contributed by atoms with Crippen LogP contribution < -0.4 is 0 Å². The average molecular weight is 825 g/mol. The molecule has 3 fully saturated rings. The number of carbonyl (C=O) groups is 2. The summed E-state index contributed by atoms with van der Waals surface area (Å²) < 4.78 is 6.00. The first-order chi connectivity index (χ1) is 21.0. The highest BCUT2D eigenvalue weighted by atomic mass is 127. The zero-order chi connectivity index (χ0) is 31.6. The van der Waals surface area contributed by atoms with Gasteiger partial charge in [0, 0.05) is 21.2 Å². The molecule has 0 heterocycles. The van der Waals surface area contributed by atoms with Crippen LogP contribution in [0, 0.1) is 22.2 Å². The maximum absolute atomic E-state index is 14.9. The number of esters is 1. The van der Waals surface area contributed by atoms with Gasteiger partial charge in [-0.3, -0.25) is 9.59 Å². The van der Waals surface area contributed by atoms with Crippen LogP contribution in [0.2, 0.25) is 0 Å². The van der Waals surface area contributed by atoms with Crippen molar-refractivity contribution in [2.24, 2.45) is 22.2 Å². The van der Waals surface area contributed by atoms with E-state index < -0.39 is 10.8 Å². The maximum atomic E-state index is 14.9. The molecule has 0 radical (unpaired) electrons. The van der Waals surface area contributed by atoms with Crippen LogP contribution in [0.3, 0.4) is 0 Å². The van der Waals surface area contributed by atoms with Crippen LogP contribution >= 0.6 is 45.2 Å². The highest BCUT2D eigenvalue weighted by molar-refractivity contribution is 14.1. The van der Waals surface area contributed by atoms with E-state index in [0.29, 0.717) is 18.8 Å². The molecule has 6 atom stereocenters. The molecular weight excluding hydrogens is 770 g/mol. The minimum Gasteiger partial charge on any atom is -0.460 e. The summed E-state index contributed by atoms with van der Waals surface area (Å²) in [6.07, 6.45) is 21.5. The van der Waals surface area contributed by atoms with Gasteiger partial charge in [-0.25, -0.2) is 0 Å². The van der Waals surface area contributed by atoms with Crippen LogP contribution in [-0.2, 0) is 20.9 Å². The lowest BCUT2D eigenvalue weighted by atomic mass is 9.41. The lowest BCUT2D eigenvalue weighted by Gasteiger charge is -2.70. The van der Waals surface area contributed by atoms with E-state index >= 15 is 0 Å². The van der Waals surface area contributed by atoms with Crippen LogP contribution in [0.15, 0.2) is 53.6 Å². The number of ether oxygens (including phenoxy) is 1. The number of carbonyl (C=O) groups excluding carboxylic acids is 2. The molecule has 0 bridgehead atoms. The fourth-order valence-corrected chi connectivity index (χ4v) is 13.9. The Morgan fingerprint density at radius 3 is 2.34 bits per heavy atom. The first kappa shape index (κ1) is 34.6. The van der Waals surface area contributed by atoms with Crippen LogP contribution in [0.4, 0.5) is 0 Å². The first-order valence-electron chi connectivity index (χ1n) is 17.5. The number of fused-ring (bicyclic) bond motifs is 5. The van der Waals surface area contributed by atoms with E-state index in [4.69, 9.17) is 4.74 Å². The predicted molar refractivity (Wildman–Crippen MR) is 198 cm³/mol. The number of alkyl halides is 2. The topological polar surface area (TPSA) is 43.4 Å². The molecule has 0 aromatic heterocycles. The normalized spacial score (nSPS) is 37.1. The van der Waals surface area contributed by atoms with Crippen molar-refractivity contribution >= 4 is 56.9 Å². The number of hydrogen-bond donors (Lipinski definition) is 0. The standard InChI is InChI=1S/C39H54I2O3/c1-5-7-8-9-10-14-18-33(42)32-21-23-37(34(43)44-28-30-16-12-11-13-17-30)36(32,4)25-26-38(40)35(3)22-19-29(15-6-2)27-31(35)20-24-39(37,38)41/h11-13,15-17,27,32H,5-10,14,18-26,28H2,1-4H3/t32-,35+,36-,37?,38+,39-/m1/s1. The second-order valence-electron chi connectivity index (χ2n) is 14.8. The van der Waals surface area contributed by atoms with Crippen molar-refractivity contribution in [3.63, 3.8) is 0 Å². The third kappa shape index (κ3) is 5.51. The molecule has 1 aromatic carbocycles. The van der Waals surface area contributed by atoms with Crippen molar-refractivity contribution in [3.05, 3.63) is 59.2 Å². The Labute approximate surface area is 294 Å². The zero-order valence-electron chi connectivity index (χ0n) is 27.6. The Morgan fingerprint density at radius 1 is 0.886 bits per heavy atom. The van der Waals surface area contributed by atoms with Crippen LogP contribution in [0.5, 0.6) is 0 Å². The molecule has 5 rings (SSSR count). The summed E-state index contributed by atoms with van der Waals surface area (Å²) in [5.41, 5.74) is 3.03. The summed E-state index contributed by atoms with van der Waals surface area (Å²) in [5, 5.41) is 0. The van der Waals surface area contributed by atoms with Gasteiger partial charge in [-0.1, -0.05) is 159 Å². The van der Waals surface area contributed by atoms with Crippen LogP contribution in [0.1, 0.15) is 136 Å². The summed E-state index contributed by atoms with van der Waals surface area (Å²) >= 11 is 5.61. The fourth-order valence-electron chi connectivity index (χ4n) is 10.0. The molecule has 0 saturated heterocycles. The third-order valence-corrected chi connectivity index (χ3v) is 18.7. The van der Waals surface area contributed by atoms with E-state index in [1.165, 1.54) is 31.3 Å². The van der Waals surface area contributed by atoms with Gasteiger partial charge in [0.2, 0.25) is 0 Å². The monoisotopic (exact) mass is 824 g/mol. The average Bonchev–Trinajstić information content (AvgIpc) is 3.35. The number of hydrogen-bond acceptors (Lipinski definition) is 3. The summed E-state index contributed by atoms with van der Waals surface area (Å²) in [6, 6.07) is 10.1. The number of benzene rings is 1. The molecule has 4 aliphatic rings. The molecule has 0 amide bonds. The summed E-state index contributed by atoms with van der Waals surface area (Å²) in [4.78, 5) is 29.0. The van der Waals surface area contributed by atoms with Crippen LogP contribution in [-0.4, -0.2) is 18.6 Å². The maximum Gasteiger partial charge on any atom is 0.314 e. The Bertz CT molecular complexity index is 1270. The number of ketones is 1. The third-order valence-electron chi connectivity index (χ3n) is 12.6. The lowest BCUT2D eigenvalue weighted by molar-refractivity contribution is -0.178. The summed E-state index contributed by atoms with van der Waals surface area (Å²) in [7, 11) is 0. The van der Waals surface area contributed by atoms with Gasteiger partial charge in [0.1, 0.15) is 12.4 Å². The van der Waals surface area contributed by atoms with Gasteiger partial charge in [0.15, 0.2) is 0 Å². The number of halogens is 2. The quantitative estimate of drug-likeness (QED) is 0.0913. The molecule has 0 spiro atoms. The molecule has 242 valence electrons. The Balaban J connectivity index is 1.50. The first-order valence-corrected chi connectivity index (χ1v) is 19.7. The van der Waals surface area contributed by atoms with Gasteiger partial charge in [0.25, 0.3) is 0 Å². The molecule has 3 nitrogen and oxygen atoms in total. The van der Waals surface area contributed by atoms with Crippen molar-refractivity contribution < 1.29 is 14.3 Å². The van der Waals surface area contributed by atoms with Crippen molar-refractivity contribution in [2.75, 3.05) is 0 Å². The fraction of sp³-hybridized carbons (Fsp3) is 0.692. The van der Waals surface area contributed by atoms with Gasteiger partial charge in [-0.2, -0.15) is 0 Å². The van der Waals surface area contributed by atoms with Gasteiger partial charge >= 0.3 is 5.97 Å². The highest BCUT2D eigenvalue weighted by Crippen LogP contribution is 2.80. The minimum atomic E-state index is -0.690. The molecule has 3 saturated carbocycles. The molecule has 4 aliphatic carbocycles. The zero-order valence-corrected chi connectivity index (χ0v) is 31.9. The lowest BCUT2D eigenvalue weighted by Crippen LogP contribution is -2.74. The van der Waals surface area contributed by atoms with Crippen molar-refractivity contribution in [2.45, 2.75) is 144 Å².